The van der Waals surface area contributed by atoms with Crippen LogP contribution in [0.5, 0.6) is 0 Å². The maximum absolute atomic E-state index is 9.89. The molecule has 0 radical (unpaired) electrons. The van der Waals surface area contributed by atoms with Crippen LogP contribution in [0.4, 0.5) is 0 Å². The third-order valence-electron chi connectivity index (χ3n) is 3.23. The normalized spacial score (nSPS) is 24.5. The quantitative estimate of drug-likeness (QED) is 0.834. The smallest absolute Gasteiger partial charge is 0.0864 e. The van der Waals surface area contributed by atoms with E-state index in [9.17, 15) is 5.11 Å². The van der Waals surface area contributed by atoms with Gasteiger partial charge >= 0.3 is 0 Å². The van der Waals surface area contributed by atoms with Crippen molar-refractivity contribution in [3.63, 3.8) is 0 Å². The summed E-state index contributed by atoms with van der Waals surface area (Å²) in [6.07, 6.45) is 0.993. The van der Waals surface area contributed by atoms with Gasteiger partial charge in [-0.15, -0.1) is 0 Å². The highest BCUT2D eigenvalue weighted by Crippen LogP contribution is 2.26. The van der Waals surface area contributed by atoms with E-state index < -0.39 is 6.10 Å². The van der Waals surface area contributed by atoms with Crippen LogP contribution in [0.25, 0.3) is 0 Å². The number of benzene rings is 1. The molecular weight excluding hydrogens is 260 g/mol. The SMILES string of the molecule is CC1OCCC1SCC(O)COCc1ccccc1. The Labute approximate surface area is 119 Å². The van der Waals surface area contributed by atoms with Gasteiger partial charge in [0.15, 0.2) is 0 Å². The summed E-state index contributed by atoms with van der Waals surface area (Å²) in [6.45, 7) is 3.90. The molecule has 3 nitrogen and oxygen atoms in total. The first-order valence-electron chi connectivity index (χ1n) is 6.78. The van der Waals surface area contributed by atoms with Crippen LogP contribution in [-0.4, -0.2) is 41.5 Å². The summed E-state index contributed by atoms with van der Waals surface area (Å²) in [4.78, 5) is 0. The van der Waals surface area contributed by atoms with Gasteiger partial charge in [-0.2, -0.15) is 11.8 Å². The van der Waals surface area contributed by atoms with Crippen molar-refractivity contribution in [3.05, 3.63) is 35.9 Å². The summed E-state index contributed by atoms with van der Waals surface area (Å²) >= 11 is 1.79. The predicted molar refractivity (Wildman–Crippen MR) is 78.4 cm³/mol. The van der Waals surface area contributed by atoms with Gasteiger partial charge in [-0.1, -0.05) is 30.3 Å². The summed E-state index contributed by atoms with van der Waals surface area (Å²) in [5.74, 6) is 0.715. The monoisotopic (exact) mass is 282 g/mol. The van der Waals surface area contributed by atoms with Crippen molar-refractivity contribution in [3.8, 4) is 0 Å². The molecule has 1 heterocycles. The first-order chi connectivity index (χ1) is 9.25. The molecule has 0 bridgehead atoms. The number of ether oxygens (including phenoxy) is 2. The average molecular weight is 282 g/mol. The van der Waals surface area contributed by atoms with E-state index in [4.69, 9.17) is 9.47 Å². The average Bonchev–Trinajstić information content (AvgIpc) is 2.83. The minimum Gasteiger partial charge on any atom is -0.390 e. The van der Waals surface area contributed by atoms with Crippen LogP contribution in [-0.2, 0) is 16.1 Å². The van der Waals surface area contributed by atoms with E-state index in [1.807, 2.05) is 30.3 Å². The number of rotatable bonds is 7. The first kappa shape index (κ1) is 14.9. The zero-order valence-corrected chi connectivity index (χ0v) is 12.1. The Bertz CT molecular complexity index is 358. The molecule has 0 aromatic heterocycles. The lowest BCUT2D eigenvalue weighted by Crippen LogP contribution is -2.22. The summed E-state index contributed by atoms with van der Waals surface area (Å²) in [6, 6.07) is 10.0. The Morgan fingerprint density at radius 1 is 1.42 bits per heavy atom. The van der Waals surface area contributed by atoms with Crippen molar-refractivity contribution in [2.75, 3.05) is 19.0 Å². The largest absolute Gasteiger partial charge is 0.390 e. The van der Waals surface area contributed by atoms with Crippen molar-refractivity contribution in [1.82, 2.24) is 0 Å². The number of aliphatic hydroxyl groups excluding tert-OH is 1. The fraction of sp³-hybridized carbons (Fsp3) is 0.600. The zero-order chi connectivity index (χ0) is 13.5. The van der Waals surface area contributed by atoms with Gasteiger partial charge in [0.25, 0.3) is 0 Å². The molecule has 0 spiro atoms. The van der Waals surface area contributed by atoms with E-state index in [1.54, 1.807) is 11.8 Å². The van der Waals surface area contributed by atoms with E-state index in [1.165, 1.54) is 0 Å². The topological polar surface area (TPSA) is 38.7 Å². The zero-order valence-electron chi connectivity index (χ0n) is 11.3. The highest BCUT2D eigenvalue weighted by atomic mass is 32.2. The van der Waals surface area contributed by atoms with Crippen LogP contribution in [0.1, 0.15) is 18.9 Å². The number of hydrogen-bond acceptors (Lipinski definition) is 4. The molecule has 0 saturated carbocycles. The van der Waals surface area contributed by atoms with Crippen molar-refractivity contribution < 1.29 is 14.6 Å². The third kappa shape index (κ3) is 5.15. The Hall–Kier alpha value is -0.550. The molecule has 1 aromatic rings. The molecule has 19 heavy (non-hydrogen) atoms. The van der Waals surface area contributed by atoms with Crippen LogP contribution in [0.15, 0.2) is 30.3 Å². The van der Waals surface area contributed by atoms with Crippen LogP contribution in [0.3, 0.4) is 0 Å². The second-order valence-electron chi connectivity index (χ2n) is 4.89. The minimum atomic E-state index is -0.401. The molecule has 1 N–H and O–H groups in total. The van der Waals surface area contributed by atoms with Crippen LogP contribution in [0.2, 0.25) is 0 Å². The van der Waals surface area contributed by atoms with Gasteiger partial charge in [0.1, 0.15) is 0 Å². The van der Waals surface area contributed by atoms with Gasteiger partial charge in [0, 0.05) is 17.6 Å². The van der Waals surface area contributed by atoms with E-state index in [0.29, 0.717) is 30.3 Å². The Morgan fingerprint density at radius 3 is 2.89 bits per heavy atom. The third-order valence-corrected chi connectivity index (χ3v) is 4.86. The van der Waals surface area contributed by atoms with Gasteiger partial charge < -0.3 is 14.6 Å². The molecule has 1 aliphatic rings. The lowest BCUT2D eigenvalue weighted by Gasteiger charge is -2.16. The van der Waals surface area contributed by atoms with Gasteiger partial charge in [-0.3, -0.25) is 0 Å². The van der Waals surface area contributed by atoms with Crippen LogP contribution < -0.4 is 0 Å². The summed E-state index contributed by atoms with van der Waals surface area (Å²) in [5, 5.41) is 10.4. The van der Waals surface area contributed by atoms with Crippen molar-refractivity contribution in [1.29, 1.82) is 0 Å². The number of aliphatic hydroxyl groups is 1. The van der Waals surface area contributed by atoms with E-state index >= 15 is 0 Å². The van der Waals surface area contributed by atoms with Crippen molar-refractivity contribution in [2.45, 2.75) is 37.4 Å². The predicted octanol–water partition coefficient (Wildman–Crippen LogP) is 2.47. The molecule has 3 unspecified atom stereocenters. The molecule has 4 heteroatoms. The standard InChI is InChI=1S/C15H22O3S/c1-12-15(7-8-18-12)19-11-14(16)10-17-9-13-5-3-2-4-6-13/h2-6,12,14-16H,7-11H2,1H3. The molecule has 106 valence electrons. The van der Waals surface area contributed by atoms with Gasteiger partial charge in [0.2, 0.25) is 0 Å². The molecule has 1 fully saturated rings. The minimum absolute atomic E-state index is 0.308. The number of thioether (sulfide) groups is 1. The second-order valence-corrected chi connectivity index (χ2v) is 6.16. The van der Waals surface area contributed by atoms with Crippen LogP contribution >= 0.6 is 11.8 Å². The maximum atomic E-state index is 9.89. The van der Waals surface area contributed by atoms with Gasteiger partial charge in [0.05, 0.1) is 25.4 Å². The van der Waals surface area contributed by atoms with E-state index in [2.05, 4.69) is 6.92 Å². The summed E-state index contributed by atoms with van der Waals surface area (Å²) in [5.41, 5.74) is 1.14. The second kappa shape index (κ2) is 7.90. The Morgan fingerprint density at radius 2 is 2.21 bits per heavy atom. The maximum Gasteiger partial charge on any atom is 0.0864 e. The highest BCUT2D eigenvalue weighted by molar-refractivity contribution is 8.00. The van der Waals surface area contributed by atoms with Gasteiger partial charge in [-0.05, 0) is 18.9 Å². The molecule has 3 atom stereocenters. The molecule has 0 amide bonds. The molecular formula is C15H22O3S. The Kier molecular flexibility index (Phi) is 6.17. The van der Waals surface area contributed by atoms with Crippen molar-refractivity contribution >= 4 is 11.8 Å². The lowest BCUT2D eigenvalue weighted by atomic mass is 10.2. The molecule has 2 rings (SSSR count). The highest BCUT2D eigenvalue weighted by Gasteiger charge is 2.25. The summed E-state index contributed by atoms with van der Waals surface area (Å²) < 4.78 is 11.0. The summed E-state index contributed by atoms with van der Waals surface area (Å²) in [7, 11) is 0. The molecule has 1 aliphatic heterocycles. The van der Waals surface area contributed by atoms with E-state index in [0.717, 1.165) is 18.6 Å². The van der Waals surface area contributed by atoms with E-state index in [-0.39, 0.29) is 0 Å². The molecule has 0 aliphatic carbocycles. The first-order valence-corrected chi connectivity index (χ1v) is 7.83. The van der Waals surface area contributed by atoms with Crippen molar-refractivity contribution in [2.24, 2.45) is 0 Å². The molecule has 1 saturated heterocycles. The van der Waals surface area contributed by atoms with Gasteiger partial charge in [-0.25, -0.2) is 0 Å². The Balaban J connectivity index is 1.58. The molecule has 1 aromatic carbocycles. The fourth-order valence-corrected chi connectivity index (χ4v) is 3.28. The fourth-order valence-electron chi connectivity index (χ4n) is 2.10. The number of hydrogen-bond donors (Lipinski definition) is 1. The lowest BCUT2D eigenvalue weighted by molar-refractivity contribution is 0.0397. The van der Waals surface area contributed by atoms with Crippen LogP contribution in [0, 0.1) is 0 Å².